The molecule has 82 valence electrons. The molecule has 1 unspecified atom stereocenters. The molecule has 0 aliphatic heterocycles. The molecule has 0 radical (unpaired) electrons. The predicted octanol–water partition coefficient (Wildman–Crippen LogP) is 1.02. The molecule has 4 nitrogen and oxygen atoms in total. The van der Waals surface area contributed by atoms with Crippen LogP contribution in [0.4, 0.5) is 0 Å². The van der Waals surface area contributed by atoms with Gasteiger partial charge in [-0.1, -0.05) is 0 Å². The third-order valence-electron chi connectivity index (χ3n) is 2.34. The molecule has 0 aliphatic rings. The fourth-order valence-corrected chi connectivity index (χ4v) is 1.34. The monoisotopic (exact) mass is 207 g/mol. The summed E-state index contributed by atoms with van der Waals surface area (Å²) in [6, 6.07) is 4.03. The fourth-order valence-electron chi connectivity index (χ4n) is 1.34. The van der Waals surface area contributed by atoms with Crippen LogP contribution in [0.15, 0.2) is 12.3 Å². The minimum absolute atomic E-state index is 0.212. The number of ether oxygens (including phenoxy) is 1. The summed E-state index contributed by atoms with van der Waals surface area (Å²) in [7, 11) is 3.57. The maximum absolute atomic E-state index is 8.77. The number of nitrogens with zero attached hydrogens (tertiary/aromatic N) is 2. The number of hydrogen-bond acceptors (Lipinski definition) is 3. The van der Waals surface area contributed by atoms with E-state index in [1.54, 1.807) is 7.11 Å². The highest BCUT2D eigenvalue weighted by Gasteiger charge is 2.03. The number of hydrogen-bond donors (Lipinski definition) is 1. The Kier molecular flexibility index (Phi) is 4.35. The first-order valence-electron chi connectivity index (χ1n) is 4.96. The SMILES string of the molecule is COC(C)CNCc1cc(C#N)n(C)c1. The Bertz CT molecular complexity index is 351. The van der Waals surface area contributed by atoms with Gasteiger partial charge in [0, 0.05) is 33.4 Å². The van der Waals surface area contributed by atoms with E-state index in [2.05, 4.69) is 11.4 Å². The molecule has 1 aromatic heterocycles. The van der Waals surface area contributed by atoms with Crippen LogP contribution in [0, 0.1) is 11.3 Å². The van der Waals surface area contributed by atoms with Crippen molar-refractivity contribution in [1.82, 2.24) is 9.88 Å². The van der Waals surface area contributed by atoms with Crippen molar-refractivity contribution in [3.05, 3.63) is 23.5 Å². The van der Waals surface area contributed by atoms with Crippen LogP contribution >= 0.6 is 0 Å². The summed E-state index contributed by atoms with van der Waals surface area (Å²) in [6.45, 7) is 3.59. The van der Waals surface area contributed by atoms with Gasteiger partial charge in [0.05, 0.1) is 6.10 Å². The van der Waals surface area contributed by atoms with Crippen LogP contribution in [0.1, 0.15) is 18.2 Å². The van der Waals surface area contributed by atoms with E-state index in [9.17, 15) is 0 Å². The van der Waals surface area contributed by atoms with E-state index in [0.29, 0.717) is 5.69 Å². The summed E-state index contributed by atoms with van der Waals surface area (Å²) in [5.74, 6) is 0. The predicted molar refractivity (Wildman–Crippen MR) is 58.3 cm³/mol. The first-order chi connectivity index (χ1) is 7.17. The average Bonchev–Trinajstić information content (AvgIpc) is 2.58. The van der Waals surface area contributed by atoms with Gasteiger partial charge in [0.1, 0.15) is 11.8 Å². The molecule has 15 heavy (non-hydrogen) atoms. The summed E-state index contributed by atoms with van der Waals surface area (Å²) < 4.78 is 6.95. The van der Waals surface area contributed by atoms with Gasteiger partial charge in [-0.15, -0.1) is 0 Å². The molecule has 0 saturated carbocycles. The Morgan fingerprint density at radius 1 is 1.67 bits per heavy atom. The Morgan fingerprint density at radius 2 is 2.40 bits per heavy atom. The zero-order valence-electron chi connectivity index (χ0n) is 9.45. The minimum atomic E-state index is 0.212. The highest BCUT2D eigenvalue weighted by Crippen LogP contribution is 2.05. The lowest BCUT2D eigenvalue weighted by molar-refractivity contribution is 0.117. The molecule has 0 aromatic carbocycles. The average molecular weight is 207 g/mol. The molecular weight excluding hydrogens is 190 g/mol. The normalized spacial score (nSPS) is 12.4. The summed E-state index contributed by atoms with van der Waals surface area (Å²) in [4.78, 5) is 0. The molecule has 1 rings (SSSR count). The molecule has 0 fully saturated rings. The Labute approximate surface area is 90.5 Å². The summed E-state index contributed by atoms with van der Waals surface area (Å²) in [5, 5.41) is 12.0. The van der Waals surface area contributed by atoms with Crippen LogP contribution in [0.25, 0.3) is 0 Å². The number of methoxy groups -OCH3 is 1. The Hall–Kier alpha value is -1.31. The quantitative estimate of drug-likeness (QED) is 0.784. The number of nitrogens with one attached hydrogen (secondary N) is 1. The third-order valence-corrected chi connectivity index (χ3v) is 2.34. The van der Waals surface area contributed by atoms with Gasteiger partial charge in [0.25, 0.3) is 0 Å². The zero-order chi connectivity index (χ0) is 11.3. The summed E-state index contributed by atoms with van der Waals surface area (Å²) in [5.41, 5.74) is 1.81. The van der Waals surface area contributed by atoms with Gasteiger partial charge in [0.15, 0.2) is 0 Å². The van der Waals surface area contributed by atoms with E-state index in [4.69, 9.17) is 10.00 Å². The second-order valence-electron chi connectivity index (χ2n) is 3.63. The van der Waals surface area contributed by atoms with Gasteiger partial charge in [-0.2, -0.15) is 5.26 Å². The molecule has 1 atom stereocenters. The van der Waals surface area contributed by atoms with E-state index < -0.39 is 0 Å². The maximum atomic E-state index is 8.77. The van der Waals surface area contributed by atoms with Gasteiger partial charge >= 0.3 is 0 Å². The number of aromatic nitrogens is 1. The lowest BCUT2D eigenvalue weighted by Crippen LogP contribution is -2.25. The van der Waals surface area contributed by atoms with E-state index in [0.717, 1.165) is 18.7 Å². The van der Waals surface area contributed by atoms with Crippen molar-refractivity contribution >= 4 is 0 Å². The van der Waals surface area contributed by atoms with Crippen LogP contribution in [0.3, 0.4) is 0 Å². The Morgan fingerprint density at radius 3 is 2.93 bits per heavy atom. The molecule has 0 amide bonds. The molecule has 1 heterocycles. The molecular formula is C11H17N3O. The summed E-state index contributed by atoms with van der Waals surface area (Å²) >= 11 is 0. The molecule has 1 aromatic rings. The lowest BCUT2D eigenvalue weighted by Gasteiger charge is -2.09. The van der Waals surface area contributed by atoms with Crippen molar-refractivity contribution < 1.29 is 4.74 Å². The molecule has 0 aliphatic carbocycles. The maximum Gasteiger partial charge on any atom is 0.120 e. The lowest BCUT2D eigenvalue weighted by atomic mass is 10.3. The van der Waals surface area contributed by atoms with Gasteiger partial charge in [0.2, 0.25) is 0 Å². The standard InChI is InChI=1S/C11H17N3O/c1-9(15-3)6-13-7-10-4-11(5-12)14(2)8-10/h4,8-9,13H,6-7H2,1-3H3. The van der Waals surface area contributed by atoms with Crippen LogP contribution in [0.2, 0.25) is 0 Å². The van der Waals surface area contributed by atoms with E-state index in [1.807, 2.05) is 30.8 Å². The molecule has 0 saturated heterocycles. The third kappa shape index (κ3) is 3.39. The first kappa shape index (κ1) is 11.8. The molecule has 0 spiro atoms. The van der Waals surface area contributed by atoms with E-state index in [-0.39, 0.29) is 6.10 Å². The minimum Gasteiger partial charge on any atom is -0.380 e. The van der Waals surface area contributed by atoms with Gasteiger partial charge < -0.3 is 14.6 Å². The Balaban J connectivity index is 2.42. The van der Waals surface area contributed by atoms with Crippen LogP contribution in [-0.2, 0) is 18.3 Å². The van der Waals surface area contributed by atoms with Crippen LogP contribution in [-0.4, -0.2) is 24.3 Å². The van der Waals surface area contributed by atoms with Gasteiger partial charge in [-0.05, 0) is 18.6 Å². The smallest absolute Gasteiger partial charge is 0.120 e. The highest BCUT2D eigenvalue weighted by molar-refractivity contribution is 5.28. The molecule has 0 bridgehead atoms. The molecule has 1 N–H and O–H groups in total. The topological polar surface area (TPSA) is 50.0 Å². The van der Waals surface area contributed by atoms with E-state index >= 15 is 0 Å². The fraction of sp³-hybridized carbons (Fsp3) is 0.545. The van der Waals surface area contributed by atoms with Crippen molar-refractivity contribution in [3.63, 3.8) is 0 Å². The van der Waals surface area contributed by atoms with Crippen molar-refractivity contribution in [3.8, 4) is 6.07 Å². The molecule has 4 heteroatoms. The van der Waals surface area contributed by atoms with Crippen molar-refractivity contribution in [2.75, 3.05) is 13.7 Å². The second-order valence-corrected chi connectivity index (χ2v) is 3.63. The first-order valence-corrected chi connectivity index (χ1v) is 4.96. The van der Waals surface area contributed by atoms with E-state index in [1.165, 1.54) is 0 Å². The summed E-state index contributed by atoms with van der Waals surface area (Å²) in [6.07, 6.45) is 2.17. The second kappa shape index (κ2) is 5.54. The largest absolute Gasteiger partial charge is 0.380 e. The van der Waals surface area contributed by atoms with Gasteiger partial charge in [-0.25, -0.2) is 0 Å². The van der Waals surface area contributed by atoms with Crippen LogP contribution in [0.5, 0.6) is 0 Å². The van der Waals surface area contributed by atoms with Crippen molar-refractivity contribution in [2.24, 2.45) is 7.05 Å². The zero-order valence-corrected chi connectivity index (χ0v) is 9.45. The highest BCUT2D eigenvalue weighted by atomic mass is 16.5. The van der Waals surface area contributed by atoms with Crippen LogP contribution < -0.4 is 5.32 Å². The van der Waals surface area contributed by atoms with Gasteiger partial charge in [-0.3, -0.25) is 0 Å². The van der Waals surface area contributed by atoms with Crippen molar-refractivity contribution in [1.29, 1.82) is 5.26 Å². The number of rotatable bonds is 5. The number of nitriles is 1. The van der Waals surface area contributed by atoms with Crippen molar-refractivity contribution in [2.45, 2.75) is 19.6 Å². The number of aryl methyl sites for hydroxylation is 1.